The Morgan fingerprint density at radius 2 is 1.88 bits per heavy atom. The summed E-state index contributed by atoms with van der Waals surface area (Å²) < 4.78 is 5.85. The summed E-state index contributed by atoms with van der Waals surface area (Å²) in [5.74, 6) is 0.300. The van der Waals surface area contributed by atoms with Crippen LogP contribution in [-0.4, -0.2) is 5.97 Å². The maximum absolute atomic E-state index is 12.2. The highest BCUT2D eigenvalue weighted by Crippen LogP contribution is 2.41. The molecule has 2 aromatic rings. The van der Waals surface area contributed by atoms with Crippen LogP contribution in [-0.2, 0) is 9.53 Å². The van der Waals surface area contributed by atoms with Gasteiger partial charge in [-0.25, -0.2) is 0 Å². The first kappa shape index (κ1) is 16.8. The van der Waals surface area contributed by atoms with Crippen LogP contribution in [0.1, 0.15) is 63.7 Å². The van der Waals surface area contributed by atoms with Crippen molar-refractivity contribution in [3.8, 4) is 0 Å². The van der Waals surface area contributed by atoms with Gasteiger partial charge in [-0.3, -0.25) is 4.79 Å². The maximum Gasteiger partial charge on any atom is 0.306 e. The average Bonchev–Trinajstić information content (AvgIpc) is 2.57. The zero-order valence-electron chi connectivity index (χ0n) is 14.8. The van der Waals surface area contributed by atoms with Crippen LogP contribution in [0.4, 0.5) is 0 Å². The lowest BCUT2D eigenvalue weighted by atomic mass is 9.82. The van der Waals surface area contributed by atoms with Gasteiger partial charge in [-0.05, 0) is 40.3 Å². The van der Waals surface area contributed by atoms with E-state index in [4.69, 9.17) is 4.74 Å². The molecule has 2 heteroatoms. The number of carbonyl (C=O) groups excluding carboxylic acids is 1. The molecule has 0 N–H and O–H groups in total. The number of hydrogen-bond acceptors (Lipinski definition) is 2. The molecule has 0 amide bonds. The minimum absolute atomic E-state index is 0.0933. The number of carbonyl (C=O) groups is 1. The Morgan fingerprint density at radius 1 is 1.12 bits per heavy atom. The smallest absolute Gasteiger partial charge is 0.306 e. The summed E-state index contributed by atoms with van der Waals surface area (Å²) in [7, 11) is 0. The van der Waals surface area contributed by atoms with Crippen LogP contribution in [0.15, 0.2) is 42.5 Å². The maximum atomic E-state index is 12.2. The first-order chi connectivity index (χ1) is 11.6. The van der Waals surface area contributed by atoms with Crippen molar-refractivity contribution in [1.29, 1.82) is 0 Å². The summed E-state index contributed by atoms with van der Waals surface area (Å²) in [6.45, 7) is 6.53. The van der Waals surface area contributed by atoms with Gasteiger partial charge in [0.05, 0.1) is 0 Å². The normalized spacial score (nSPS) is 16.3. The Balaban J connectivity index is 1.96. The Labute approximate surface area is 144 Å². The van der Waals surface area contributed by atoms with E-state index in [9.17, 15) is 4.79 Å². The highest BCUT2D eigenvalue weighted by molar-refractivity contribution is 5.99. The lowest BCUT2D eigenvalue weighted by Gasteiger charge is -2.27. The van der Waals surface area contributed by atoms with Crippen molar-refractivity contribution in [2.45, 2.75) is 52.6 Å². The molecule has 1 aliphatic rings. The number of benzene rings is 2. The van der Waals surface area contributed by atoms with Crippen molar-refractivity contribution in [2.24, 2.45) is 5.92 Å². The molecule has 1 atom stereocenters. The molecule has 0 bridgehead atoms. The SMILES string of the molecule is CCCCCC(=O)OC1C=C(C(C)C)c2cccc3cccc1c23. The first-order valence-corrected chi connectivity index (χ1v) is 9.05. The molecule has 1 unspecified atom stereocenters. The van der Waals surface area contributed by atoms with Crippen LogP contribution < -0.4 is 0 Å². The third-order valence-electron chi connectivity index (χ3n) is 4.75. The molecule has 0 fully saturated rings. The van der Waals surface area contributed by atoms with Crippen LogP contribution in [0.5, 0.6) is 0 Å². The molecule has 3 rings (SSSR count). The predicted octanol–water partition coefficient (Wildman–Crippen LogP) is 6.06. The zero-order valence-corrected chi connectivity index (χ0v) is 14.8. The molecule has 126 valence electrons. The molecule has 2 aromatic carbocycles. The average molecular weight is 322 g/mol. The fraction of sp³-hybridized carbons (Fsp3) is 0.409. The van der Waals surface area contributed by atoms with Crippen molar-refractivity contribution >= 4 is 22.3 Å². The van der Waals surface area contributed by atoms with Gasteiger partial charge in [-0.2, -0.15) is 0 Å². The van der Waals surface area contributed by atoms with Gasteiger partial charge in [-0.15, -0.1) is 0 Å². The Morgan fingerprint density at radius 3 is 2.58 bits per heavy atom. The molecular weight excluding hydrogens is 296 g/mol. The molecule has 1 aliphatic carbocycles. The van der Waals surface area contributed by atoms with E-state index in [2.05, 4.69) is 57.2 Å². The van der Waals surface area contributed by atoms with Gasteiger partial charge in [0.15, 0.2) is 0 Å². The summed E-state index contributed by atoms with van der Waals surface area (Å²) >= 11 is 0. The number of hydrogen-bond donors (Lipinski definition) is 0. The van der Waals surface area contributed by atoms with E-state index in [1.54, 1.807) is 0 Å². The largest absolute Gasteiger partial charge is 0.453 e. The molecule has 24 heavy (non-hydrogen) atoms. The van der Waals surface area contributed by atoms with Crippen LogP contribution in [0.2, 0.25) is 0 Å². The summed E-state index contributed by atoms with van der Waals surface area (Å²) in [6, 6.07) is 12.7. The predicted molar refractivity (Wildman–Crippen MR) is 99.7 cm³/mol. The Bertz CT molecular complexity index is 765. The minimum atomic E-state index is -0.268. The van der Waals surface area contributed by atoms with Gasteiger partial charge in [0, 0.05) is 12.0 Å². The third kappa shape index (κ3) is 3.24. The van der Waals surface area contributed by atoms with Crippen LogP contribution in [0.25, 0.3) is 16.3 Å². The molecule has 0 radical (unpaired) electrons. The highest BCUT2D eigenvalue weighted by Gasteiger charge is 2.25. The fourth-order valence-electron chi connectivity index (χ4n) is 3.51. The van der Waals surface area contributed by atoms with E-state index in [-0.39, 0.29) is 12.1 Å². The van der Waals surface area contributed by atoms with E-state index in [1.165, 1.54) is 21.9 Å². The van der Waals surface area contributed by atoms with Crippen LogP contribution in [0.3, 0.4) is 0 Å². The second-order valence-corrected chi connectivity index (χ2v) is 6.90. The van der Waals surface area contributed by atoms with E-state index >= 15 is 0 Å². The lowest BCUT2D eigenvalue weighted by Crippen LogP contribution is -2.14. The Kier molecular flexibility index (Phi) is 5.03. The molecular formula is C22H26O2. The molecule has 0 spiro atoms. The second-order valence-electron chi connectivity index (χ2n) is 6.90. The molecule has 0 saturated heterocycles. The van der Waals surface area contributed by atoms with Gasteiger partial charge in [0.25, 0.3) is 0 Å². The summed E-state index contributed by atoms with van der Waals surface area (Å²) in [6.07, 6.45) is 5.47. The number of rotatable bonds is 6. The standard InChI is InChI=1S/C22H26O2/c1-4-5-6-13-21(23)24-20-14-19(15(2)3)17-11-7-9-16-10-8-12-18(20)22(16)17/h7-12,14-15,20H,4-6,13H2,1-3H3. The van der Waals surface area contributed by atoms with E-state index < -0.39 is 0 Å². The van der Waals surface area contributed by atoms with Crippen molar-refractivity contribution < 1.29 is 9.53 Å². The monoisotopic (exact) mass is 322 g/mol. The number of unbranched alkanes of at least 4 members (excludes halogenated alkanes) is 2. The van der Waals surface area contributed by atoms with Crippen molar-refractivity contribution in [3.05, 3.63) is 53.6 Å². The van der Waals surface area contributed by atoms with Gasteiger partial charge >= 0.3 is 5.97 Å². The minimum Gasteiger partial charge on any atom is -0.453 e. The van der Waals surface area contributed by atoms with Crippen LogP contribution >= 0.6 is 0 Å². The quantitative estimate of drug-likeness (QED) is 0.477. The van der Waals surface area contributed by atoms with Gasteiger partial charge < -0.3 is 4.74 Å². The number of esters is 1. The Hall–Kier alpha value is -2.09. The molecule has 2 nitrogen and oxygen atoms in total. The highest BCUT2D eigenvalue weighted by atomic mass is 16.5. The number of ether oxygens (including phenoxy) is 1. The van der Waals surface area contributed by atoms with Crippen LogP contribution in [0, 0.1) is 5.92 Å². The zero-order chi connectivity index (χ0) is 17.1. The van der Waals surface area contributed by atoms with E-state index in [0.717, 1.165) is 24.8 Å². The van der Waals surface area contributed by atoms with Crippen molar-refractivity contribution in [2.75, 3.05) is 0 Å². The molecule has 0 aromatic heterocycles. The van der Waals surface area contributed by atoms with E-state index in [0.29, 0.717) is 12.3 Å². The number of allylic oxidation sites excluding steroid dienone is 1. The lowest BCUT2D eigenvalue weighted by molar-refractivity contribution is -0.147. The van der Waals surface area contributed by atoms with Gasteiger partial charge in [0.1, 0.15) is 6.10 Å². The molecule has 0 saturated carbocycles. The second kappa shape index (κ2) is 7.21. The summed E-state index contributed by atoms with van der Waals surface area (Å²) in [4.78, 5) is 12.2. The summed E-state index contributed by atoms with van der Waals surface area (Å²) in [5.41, 5.74) is 3.65. The molecule has 0 heterocycles. The van der Waals surface area contributed by atoms with Crippen molar-refractivity contribution in [1.82, 2.24) is 0 Å². The third-order valence-corrected chi connectivity index (χ3v) is 4.75. The fourth-order valence-corrected chi connectivity index (χ4v) is 3.51. The first-order valence-electron chi connectivity index (χ1n) is 9.05. The van der Waals surface area contributed by atoms with Crippen molar-refractivity contribution in [3.63, 3.8) is 0 Å². The van der Waals surface area contributed by atoms with E-state index in [1.807, 2.05) is 6.07 Å². The topological polar surface area (TPSA) is 26.3 Å². The van der Waals surface area contributed by atoms with Gasteiger partial charge in [-0.1, -0.05) is 70.0 Å². The summed E-state index contributed by atoms with van der Waals surface area (Å²) in [5, 5.41) is 2.45. The molecule has 0 aliphatic heterocycles. The van der Waals surface area contributed by atoms with Gasteiger partial charge in [0.2, 0.25) is 0 Å².